The van der Waals surface area contributed by atoms with E-state index in [1.807, 2.05) is 0 Å². The third-order valence-corrected chi connectivity index (χ3v) is 1.07. The fraction of sp³-hybridized carbons (Fsp3) is 1.00. The Morgan fingerprint density at radius 1 is 1.60 bits per heavy atom. The number of alkyl halides is 1. The molecule has 0 aromatic rings. The Kier molecular flexibility index (Phi) is 15.1. The average Bonchev–Trinajstić information content (AvgIpc) is 1.80. The monoisotopic (exact) mass is 195 g/mol. The quantitative estimate of drug-likeness (QED) is 0.281. The molecule has 58 valence electrons. The zero-order valence-electron chi connectivity index (χ0n) is 6.84. The minimum Gasteiger partial charge on any atom is -1.00 e. The van der Waals surface area contributed by atoms with Gasteiger partial charge in [0.15, 0.2) is 0 Å². The molecule has 0 aliphatic heterocycles. The van der Waals surface area contributed by atoms with Crippen molar-refractivity contribution in [2.24, 2.45) is 0 Å². The van der Waals surface area contributed by atoms with Crippen LogP contribution in [0.3, 0.4) is 0 Å². The van der Waals surface area contributed by atoms with E-state index in [2.05, 4.69) is 4.18 Å². The fourth-order valence-corrected chi connectivity index (χ4v) is 0.577. The van der Waals surface area contributed by atoms with E-state index in [0.29, 0.717) is 12.8 Å². The summed E-state index contributed by atoms with van der Waals surface area (Å²) in [4.78, 5) is 0. The first-order valence-corrected chi connectivity index (χ1v) is 3.56. The molecular weight excluding hydrogens is 186 g/mol. The van der Waals surface area contributed by atoms with Gasteiger partial charge in [0.2, 0.25) is 0 Å². The summed E-state index contributed by atoms with van der Waals surface area (Å²) in [7, 11) is 0. The van der Waals surface area contributed by atoms with E-state index in [9.17, 15) is 13.2 Å². The second-order valence-corrected chi connectivity index (χ2v) is 2.07. The van der Waals surface area contributed by atoms with Crippen molar-refractivity contribution in [3.8, 4) is 0 Å². The Balaban J connectivity index is -0.000000320. The van der Waals surface area contributed by atoms with Crippen molar-refractivity contribution >= 4 is 11.4 Å². The van der Waals surface area contributed by atoms with Crippen LogP contribution in [-0.2, 0) is 15.5 Å². The van der Waals surface area contributed by atoms with Gasteiger partial charge >= 0.3 is 51.4 Å². The molecule has 6 heteroatoms. The zero-order valence-corrected chi connectivity index (χ0v) is 9.78. The molecule has 0 aliphatic carbocycles. The van der Waals surface area contributed by atoms with Crippen LogP contribution in [0.4, 0.5) is 4.39 Å². The topological polar surface area (TPSA) is 49.4 Å². The summed E-state index contributed by atoms with van der Waals surface area (Å²) in [5.41, 5.74) is 0. The molecule has 0 bridgehead atoms. The van der Waals surface area contributed by atoms with E-state index in [0.717, 1.165) is 0 Å². The summed E-state index contributed by atoms with van der Waals surface area (Å²) in [6, 6.07) is 0. The SMILES string of the molecule is O=S([O-])OCCCCF.[H-].[K+]. The van der Waals surface area contributed by atoms with Gasteiger partial charge in [-0.05, 0) is 12.8 Å². The van der Waals surface area contributed by atoms with Crippen LogP contribution in [0.5, 0.6) is 0 Å². The Morgan fingerprint density at radius 3 is 2.60 bits per heavy atom. The number of unbranched alkanes of at least 4 members (excludes halogenated alkanes) is 1. The minimum atomic E-state index is -2.44. The van der Waals surface area contributed by atoms with Crippen LogP contribution >= 0.6 is 0 Å². The number of halogens is 1. The van der Waals surface area contributed by atoms with E-state index in [-0.39, 0.29) is 59.4 Å². The van der Waals surface area contributed by atoms with Crippen molar-refractivity contribution in [2.45, 2.75) is 12.8 Å². The molecule has 0 aromatic heterocycles. The number of hydrogen-bond acceptors (Lipinski definition) is 3. The molecule has 0 aliphatic rings. The van der Waals surface area contributed by atoms with Crippen molar-refractivity contribution in [1.82, 2.24) is 0 Å². The molecule has 0 spiro atoms. The van der Waals surface area contributed by atoms with E-state index in [4.69, 9.17) is 0 Å². The minimum absolute atomic E-state index is 0. The maximum Gasteiger partial charge on any atom is 1.00 e. The summed E-state index contributed by atoms with van der Waals surface area (Å²) < 4.78 is 34.7. The van der Waals surface area contributed by atoms with Crippen molar-refractivity contribution in [2.75, 3.05) is 13.3 Å². The summed E-state index contributed by atoms with van der Waals surface area (Å²) in [5, 5.41) is 0. The number of hydrogen-bond donors (Lipinski definition) is 0. The standard InChI is InChI=1S/C4H9FO3S.K.H/c5-3-1-2-4-8-9(6)7;;/h1-4H2,(H,6,7);;/q;+1;-1/p-1. The summed E-state index contributed by atoms with van der Waals surface area (Å²) >= 11 is -2.44. The Morgan fingerprint density at radius 2 is 2.20 bits per heavy atom. The summed E-state index contributed by atoms with van der Waals surface area (Å²) in [6.07, 6.45) is 0.807. The van der Waals surface area contributed by atoms with Crippen LogP contribution in [-0.4, -0.2) is 22.0 Å². The van der Waals surface area contributed by atoms with Gasteiger partial charge in [0.1, 0.15) is 0 Å². The average molecular weight is 195 g/mol. The maximum atomic E-state index is 11.3. The van der Waals surface area contributed by atoms with Gasteiger partial charge in [-0.1, -0.05) is 0 Å². The van der Waals surface area contributed by atoms with Gasteiger partial charge in [0, 0.05) is 0 Å². The third-order valence-electron chi connectivity index (χ3n) is 0.708. The molecule has 1 unspecified atom stereocenters. The van der Waals surface area contributed by atoms with Crippen molar-refractivity contribution in [3.05, 3.63) is 0 Å². The molecule has 0 saturated heterocycles. The number of rotatable bonds is 5. The van der Waals surface area contributed by atoms with Crippen molar-refractivity contribution < 1.29 is 70.1 Å². The predicted octanol–water partition coefficient (Wildman–Crippen LogP) is -2.34. The second kappa shape index (κ2) is 10.6. The van der Waals surface area contributed by atoms with E-state index in [1.165, 1.54) is 0 Å². The van der Waals surface area contributed by atoms with Crippen LogP contribution in [0.25, 0.3) is 0 Å². The molecule has 0 fully saturated rings. The van der Waals surface area contributed by atoms with Gasteiger partial charge in [-0.15, -0.1) is 0 Å². The normalized spacial score (nSPS) is 12.2. The van der Waals surface area contributed by atoms with E-state index >= 15 is 0 Å². The molecule has 0 amide bonds. The first-order chi connectivity index (χ1) is 4.27. The summed E-state index contributed by atoms with van der Waals surface area (Å²) in [5.74, 6) is 0. The molecule has 3 nitrogen and oxygen atoms in total. The molecule has 0 heterocycles. The molecule has 0 radical (unpaired) electrons. The van der Waals surface area contributed by atoms with Gasteiger partial charge in [-0.25, -0.2) is 4.21 Å². The fourth-order valence-electron chi connectivity index (χ4n) is 0.324. The Hall–Kier alpha value is 1.64. The van der Waals surface area contributed by atoms with Gasteiger partial charge in [-0.2, -0.15) is 0 Å². The van der Waals surface area contributed by atoms with Gasteiger partial charge in [0.25, 0.3) is 0 Å². The first-order valence-electron chi connectivity index (χ1n) is 2.56. The largest absolute Gasteiger partial charge is 1.00 e. The smallest absolute Gasteiger partial charge is 1.00 e. The maximum absolute atomic E-state index is 11.3. The molecule has 1 atom stereocenters. The molecule has 0 saturated carbocycles. The molecule has 0 rings (SSSR count). The molecule has 10 heavy (non-hydrogen) atoms. The molecular formula is C4H9FKO3S-. The van der Waals surface area contributed by atoms with Crippen LogP contribution in [0.1, 0.15) is 14.3 Å². The Bertz CT molecular complexity index is 97.4. The summed E-state index contributed by atoms with van der Waals surface area (Å²) in [6.45, 7) is -0.338. The van der Waals surface area contributed by atoms with Gasteiger partial charge in [-0.3, -0.25) is 4.39 Å². The van der Waals surface area contributed by atoms with Crippen LogP contribution in [0.15, 0.2) is 0 Å². The third kappa shape index (κ3) is 12.3. The molecule has 0 aromatic carbocycles. The predicted molar refractivity (Wildman–Crippen MR) is 31.2 cm³/mol. The molecule has 0 N–H and O–H groups in total. The van der Waals surface area contributed by atoms with E-state index in [1.54, 1.807) is 0 Å². The van der Waals surface area contributed by atoms with Crippen LogP contribution in [0, 0.1) is 0 Å². The van der Waals surface area contributed by atoms with Crippen LogP contribution in [0.2, 0.25) is 0 Å². The Labute approximate surface area is 106 Å². The first kappa shape index (κ1) is 14.2. The second-order valence-electron chi connectivity index (χ2n) is 1.42. The van der Waals surface area contributed by atoms with Crippen LogP contribution < -0.4 is 51.4 Å². The van der Waals surface area contributed by atoms with Crippen molar-refractivity contribution in [1.29, 1.82) is 0 Å². The van der Waals surface area contributed by atoms with Crippen molar-refractivity contribution in [3.63, 3.8) is 0 Å². The van der Waals surface area contributed by atoms with Gasteiger partial charge < -0.3 is 10.2 Å². The van der Waals surface area contributed by atoms with Gasteiger partial charge in [0.05, 0.1) is 24.6 Å². The zero-order chi connectivity index (χ0) is 7.11. The van der Waals surface area contributed by atoms with E-state index < -0.39 is 18.0 Å².